The molecule has 8 heteroatoms. The Hall–Kier alpha value is -4.82. The Morgan fingerprint density at radius 2 is 1.76 bits per heavy atom. The van der Waals surface area contributed by atoms with Crippen LogP contribution in [0, 0.1) is 0 Å². The smallest absolute Gasteiger partial charge is 0.255 e. The number of aryl methyl sites for hydroxylation is 1. The lowest BCUT2D eigenvalue weighted by Crippen LogP contribution is -2.29. The minimum absolute atomic E-state index is 0.0164. The number of piperidine rings is 1. The topological polar surface area (TPSA) is 94.6 Å². The number of hydrogen-bond acceptors (Lipinski definition) is 6. The fourth-order valence-electron chi connectivity index (χ4n) is 6.54. The van der Waals surface area contributed by atoms with Crippen LogP contribution in [0.25, 0.3) is 11.3 Å². The van der Waals surface area contributed by atoms with Gasteiger partial charge in [-0.15, -0.1) is 0 Å². The number of nitrogens with one attached hydrogen (secondary N) is 2. The van der Waals surface area contributed by atoms with Gasteiger partial charge in [-0.25, -0.2) is 0 Å². The number of aromatic nitrogens is 1. The van der Waals surface area contributed by atoms with Gasteiger partial charge in [0.25, 0.3) is 11.8 Å². The molecule has 3 aromatic carbocycles. The zero-order valence-electron chi connectivity index (χ0n) is 26.4. The largest absolute Gasteiger partial charge is 0.372 e. The quantitative estimate of drug-likeness (QED) is 0.200. The van der Waals surface area contributed by atoms with E-state index >= 15 is 0 Å². The van der Waals surface area contributed by atoms with E-state index in [4.69, 9.17) is 4.98 Å². The number of pyridine rings is 1. The van der Waals surface area contributed by atoms with Crippen LogP contribution in [0.5, 0.6) is 0 Å². The van der Waals surface area contributed by atoms with Crippen LogP contribution >= 0.6 is 0 Å². The maximum Gasteiger partial charge on any atom is 0.255 e. The average molecular weight is 616 g/mol. The first kappa shape index (κ1) is 31.2. The van der Waals surface area contributed by atoms with E-state index in [9.17, 15) is 14.4 Å². The molecule has 2 N–H and O–H groups in total. The molecule has 6 rings (SSSR count). The lowest BCUT2D eigenvalue weighted by molar-refractivity contribution is -0.108. The van der Waals surface area contributed by atoms with Crippen LogP contribution in [0.15, 0.2) is 85.1 Å². The maximum absolute atomic E-state index is 13.6. The highest BCUT2D eigenvalue weighted by Crippen LogP contribution is 2.34. The highest BCUT2D eigenvalue weighted by atomic mass is 16.2. The number of fused-ring (bicyclic) bond motifs is 1. The molecule has 2 heterocycles. The zero-order chi connectivity index (χ0) is 31.9. The summed E-state index contributed by atoms with van der Waals surface area (Å²) in [7, 11) is 1.56. The predicted octanol–water partition coefficient (Wildman–Crippen LogP) is 6.43. The van der Waals surface area contributed by atoms with Crippen molar-refractivity contribution in [3.05, 3.63) is 113 Å². The van der Waals surface area contributed by atoms with E-state index in [1.54, 1.807) is 31.3 Å². The minimum atomic E-state index is -0.326. The van der Waals surface area contributed by atoms with Crippen molar-refractivity contribution < 1.29 is 14.4 Å². The van der Waals surface area contributed by atoms with Crippen LogP contribution in [0.4, 0.5) is 11.4 Å². The first-order chi connectivity index (χ1) is 22.5. The van der Waals surface area contributed by atoms with Crippen molar-refractivity contribution in [1.29, 1.82) is 0 Å². The molecule has 1 saturated heterocycles. The van der Waals surface area contributed by atoms with E-state index in [0.717, 1.165) is 61.3 Å². The number of anilines is 2. The third-order valence-electron chi connectivity index (χ3n) is 9.06. The van der Waals surface area contributed by atoms with Crippen LogP contribution in [0.3, 0.4) is 0 Å². The van der Waals surface area contributed by atoms with Gasteiger partial charge < -0.3 is 25.2 Å². The summed E-state index contributed by atoms with van der Waals surface area (Å²) in [4.78, 5) is 45.7. The van der Waals surface area contributed by atoms with E-state index < -0.39 is 0 Å². The molecule has 1 unspecified atom stereocenters. The fourth-order valence-corrected chi connectivity index (χ4v) is 6.54. The molecule has 1 fully saturated rings. The molecule has 0 saturated carbocycles. The van der Waals surface area contributed by atoms with Gasteiger partial charge in [0.2, 0.25) is 0 Å². The van der Waals surface area contributed by atoms with Gasteiger partial charge in [0, 0.05) is 61.3 Å². The average Bonchev–Trinajstić information content (AvgIpc) is 3.11. The van der Waals surface area contributed by atoms with Crippen LogP contribution in [0.1, 0.15) is 75.6 Å². The van der Waals surface area contributed by atoms with Crippen molar-refractivity contribution in [3.63, 3.8) is 0 Å². The highest BCUT2D eigenvalue weighted by Gasteiger charge is 2.21. The number of amides is 2. The van der Waals surface area contributed by atoms with E-state index in [0.29, 0.717) is 35.7 Å². The van der Waals surface area contributed by atoms with Gasteiger partial charge in [0.05, 0.1) is 17.9 Å². The lowest BCUT2D eigenvalue weighted by atomic mass is 9.87. The zero-order valence-corrected chi connectivity index (χ0v) is 26.4. The van der Waals surface area contributed by atoms with E-state index in [2.05, 4.69) is 58.0 Å². The molecule has 1 atom stereocenters. The summed E-state index contributed by atoms with van der Waals surface area (Å²) in [6, 6.07) is 25.9. The molecule has 2 amide bonds. The normalized spacial score (nSPS) is 15.9. The van der Waals surface area contributed by atoms with Gasteiger partial charge in [-0.3, -0.25) is 14.6 Å². The molecule has 1 aliphatic heterocycles. The van der Waals surface area contributed by atoms with Gasteiger partial charge in [-0.2, -0.15) is 0 Å². The van der Waals surface area contributed by atoms with Crippen molar-refractivity contribution in [2.75, 3.05) is 36.9 Å². The summed E-state index contributed by atoms with van der Waals surface area (Å²) in [5.74, 6) is -0.645. The standard InChI is InChI=1S/C38H41N5O3/c1-42(21-22-44)38(46)30-12-7-11-29(24-30)37(45)41-35-16-15-31(43-19-5-2-6-20-43)25-33(35)36-23-27(17-18-39-36)26-40-34-14-8-10-28-9-3-4-13-32(28)34/h3-4,7,9,11-13,15-18,22-25,34,40H,2,5-6,8,10,14,19-21,26H2,1H3,(H,41,45). The molecule has 1 aromatic heterocycles. The second-order valence-corrected chi connectivity index (χ2v) is 12.2. The molecule has 2 aliphatic rings. The van der Waals surface area contributed by atoms with Gasteiger partial charge in [-0.1, -0.05) is 30.3 Å². The molecule has 1 aliphatic carbocycles. The van der Waals surface area contributed by atoms with Crippen LogP contribution in [-0.4, -0.2) is 54.7 Å². The van der Waals surface area contributed by atoms with E-state index in [1.165, 1.54) is 28.9 Å². The Bertz CT molecular complexity index is 1710. The van der Waals surface area contributed by atoms with Gasteiger partial charge in [0.1, 0.15) is 6.29 Å². The second-order valence-electron chi connectivity index (χ2n) is 12.2. The summed E-state index contributed by atoms with van der Waals surface area (Å²) in [6.45, 7) is 2.70. The number of carbonyl (C=O) groups excluding carboxylic acids is 3. The molecule has 46 heavy (non-hydrogen) atoms. The molecular formula is C38H41N5O3. The Morgan fingerprint density at radius 3 is 2.61 bits per heavy atom. The molecule has 0 radical (unpaired) electrons. The van der Waals surface area contributed by atoms with Gasteiger partial charge >= 0.3 is 0 Å². The van der Waals surface area contributed by atoms with E-state index in [-0.39, 0.29) is 18.4 Å². The van der Waals surface area contributed by atoms with Crippen molar-refractivity contribution in [2.24, 2.45) is 0 Å². The Kier molecular flexibility index (Phi) is 9.84. The minimum Gasteiger partial charge on any atom is -0.372 e. The van der Waals surface area contributed by atoms with Crippen molar-refractivity contribution in [2.45, 2.75) is 51.1 Å². The molecule has 0 bridgehead atoms. The Morgan fingerprint density at radius 1 is 0.935 bits per heavy atom. The lowest BCUT2D eigenvalue weighted by Gasteiger charge is -2.29. The maximum atomic E-state index is 13.6. The van der Waals surface area contributed by atoms with Crippen LogP contribution in [-0.2, 0) is 17.8 Å². The third-order valence-corrected chi connectivity index (χ3v) is 9.06. The summed E-state index contributed by atoms with van der Waals surface area (Å²) in [5.41, 5.74) is 8.05. The molecular weight excluding hydrogens is 574 g/mol. The summed E-state index contributed by atoms with van der Waals surface area (Å²) in [5, 5.41) is 6.87. The monoisotopic (exact) mass is 615 g/mol. The van der Waals surface area contributed by atoms with E-state index in [1.807, 2.05) is 18.3 Å². The first-order valence-electron chi connectivity index (χ1n) is 16.3. The number of benzene rings is 3. The molecule has 0 spiro atoms. The number of carbonyl (C=O) groups is 3. The third kappa shape index (κ3) is 7.18. The highest BCUT2D eigenvalue weighted by molar-refractivity contribution is 6.08. The fraction of sp³-hybridized carbons (Fsp3) is 0.316. The Balaban J connectivity index is 1.26. The number of aldehydes is 1. The second kappa shape index (κ2) is 14.5. The summed E-state index contributed by atoms with van der Waals surface area (Å²) < 4.78 is 0. The number of likely N-dealkylation sites (N-methyl/N-ethyl adjacent to an activating group) is 1. The Labute approximate surface area is 270 Å². The number of rotatable bonds is 10. The predicted molar refractivity (Wildman–Crippen MR) is 182 cm³/mol. The first-order valence-corrected chi connectivity index (χ1v) is 16.3. The molecule has 8 nitrogen and oxygen atoms in total. The van der Waals surface area contributed by atoms with Crippen LogP contribution < -0.4 is 15.5 Å². The SMILES string of the molecule is CN(CC=O)C(=O)c1cccc(C(=O)Nc2ccc(N3CCCCC3)cc2-c2cc(CNC3CCCc4ccccc43)ccn2)c1. The number of nitrogens with zero attached hydrogens (tertiary/aromatic N) is 3. The van der Waals surface area contributed by atoms with Crippen molar-refractivity contribution >= 4 is 29.5 Å². The van der Waals surface area contributed by atoms with Crippen molar-refractivity contribution in [3.8, 4) is 11.3 Å². The number of hydrogen-bond donors (Lipinski definition) is 2. The summed E-state index contributed by atoms with van der Waals surface area (Å²) in [6.07, 6.45) is 9.50. The molecule has 236 valence electrons. The van der Waals surface area contributed by atoms with Crippen LogP contribution in [0.2, 0.25) is 0 Å². The van der Waals surface area contributed by atoms with Gasteiger partial charge in [0.15, 0.2) is 0 Å². The van der Waals surface area contributed by atoms with Gasteiger partial charge in [-0.05, 0) is 104 Å². The van der Waals surface area contributed by atoms with Crippen molar-refractivity contribution in [1.82, 2.24) is 15.2 Å². The summed E-state index contributed by atoms with van der Waals surface area (Å²) >= 11 is 0. The molecule has 4 aromatic rings.